The lowest BCUT2D eigenvalue weighted by Gasteiger charge is -2.34. The quantitative estimate of drug-likeness (QED) is 0.745. The van der Waals surface area contributed by atoms with Gasteiger partial charge in [0.25, 0.3) is 6.43 Å². The molecule has 1 aliphatic rings. The van der Waals surface area contributed by atoms with Crippen LogP contribution in [0.1, 0.15) is 32.1 Å². The van der Waals surface area contributed by atoms with Gasteiger partial charge in [-0.1, -0.05) is 31.5 Å². The van der Waals surface area contributed by atoms with Gasteiger partial charge in [-0.15, -0.1) is 0 Å². The van der Waals surface area contributed by atoms with Crippen LogP contribution in [0.2, 0.25) is 0 Å². The van der Waals surface area contributed by atoms with E-state index in [1.807, 2.05) is 0 Å². The van der Waals surface area contributed by atoms with Crippen molar-refractivity contribution in [2.45, 2.75) is 38.5 Å². The maximum absolute atomic E-state index is 12.0. The first-order valence-corrected chi connectivity index (χ1v) is 5.76. The van der Waals surface area contributed by atoms with E-state index in [2.05, 4.69) is 5.32 Å². The van der Waals surface area contributed by atoms with E-state index in [1.54, 1.807) is 0 Å². The number of hydrogen-bond donors (Lipinski definition) is 2. The van der Waals surface area contributed by atoms with Crippen LogP contribution < -0.4 is 11.1 Å². The minimum absolute atomic E-state index is 0.124. The van der Waals surface area contributed by atoms with E-state index in [9.17, 15) is 13.6 Å². The Morgan fingerprint density at radius 2 is 1.94 bits per heavy atom. The first-order valence-electron chi connectivity index (χ1n) is 5.35. The third-order valence-corrected chi connectivity index (χ3v) is 3.42. The van der Waals surface area contributed by atoms with Gasteiger partial charge in [-0.3, -0.25) is 4.79 Å². The molecule has 0 aliphatic heterocycles. The highest BCUT2D eigenvalue weighted by Crippen LogP contribution is 2.36. The predicted octanol–water partition coefficient (Wildman–Crippen LogP) is 1.60. The van der Waals surface area contributed by atoms with Gasteiger partial charge in [0.1, 0.15) is 0 Å². The molecule has 6 heteroatoms. The summed E-state index contributed by atoms with van der Waals surface area (Å²) in [5, 5.41) is 2.22. The van der Waals surface area contributed by atoms with E-state index >= 15 is 0 Å². The molecule has 3 N–H and O–H groups in total. The second kappa shape index (κ2) is 5.52. The number of nitrogens with two attached hydrogens (primary N) is 1. The van der Waals surface area contributed by atoms with Crippen molar-refractivity contribution in [3.8, 4) is 0 Å². The maximum atomic E-state index is 12.0. The summed E-state index contributed by atoms with van der Waals surface area (Å²) in [5.41, 5.74) is 4.69. The number of thiocarbonyl (C=S) groups is 1. The normalized spacial score (nSPS) is 19.4. The summed E-state index contributed by atoms with van der Waals surface area (Å²) in [5.74, 6) is -0.444. The van der Waals surface area contributed by atoms with Gasteiger partial charge in [0, 0.05) is 0 Å². The molecular weight excluding hydrogens is 234 g/mol. The summed E-state index contributed by atoms with van der Waals surface area (Å²) >= 11 is 4.91. The SMILES string of the molecule is NC(=S)C1(C(=O)NCC(F)F)CCCCC1. The summed E-state index contributed by atoms with van der Waals surface area (Å²) in [7, 11) is 0. The van der Waals surface area contributed by atoms with Crippen molar-refractivity contribution < 1.29 is 13.6 Å². The summed E-state index contributed by atoms with van der Waals surface area (Å²) in [4.78, 5) is 12.0. The lowest BCUT2D eigenvalue weighted by molar-refractivity contribution is -0.129. The molecule has 16 heavy (non-hydrogen) atoms. The van der Waals surface area contributed by atoms with Crippen molar-refractivity contribution in [1.82, 2.24) is 5.32 Å². The van der Waals surface area contributed by atoms with Crippen molar-refractivity contribution >= 4 is 23.1 Å². The van der Waals surface area contributed by atoms with Crippen LogP contribution in [-0.2, 0) is 4.79 Å². The molecule has 1 fully saturated rings. The van der Waals surface area contributed by atoms with Crippen molar-refractivity contribution in [2.75, 3.05) is 6.54 Å². The number of halogens is 2. The minimum atomic E-state index is -2.55. The Labute approximate surface area is 98.8 Å². The van der Waals surface area contributed by atoms with Crippen LogP contribution >= 0.6 is 12.2 Å². The molecule has 0 bridgehead atoms. The molecule has 0 aromatic heterocycles. The van der Waals surface area contributed by atoms with Crippen LogP contribution in [0.5, 0.6) is 0 Å². The zero-order valence-corrected chi connectivity index (χ0v) is 9.79. The van der Waals surface area contributed by atoms with Gasteiger partial charge in [0.15, 0.2) is 0 Å². The van der Waals surface area contributed by atoms with Crippen molar-refractivity contribution in [3.05, 3.63) is 0 Å². The Morgan fingerprint density at radius 1 is 1.38 bits per heavy atom. The maximum Gasteiger partial charge on any atom is 0.255 e. The first kappa shape index (κ1) is 13.3. The topological polar surface area (TPSA) is 55.1 Å². The zero-order chi connectivity index (χ0) is 12.2. The van der Waals surface area contributed by atoms with Crippen LogP contribution in [0.3, 0.4) is 0 Å². The van der Waals surface area contributed by atoms with E-state index in [1.165, 1.54) is 0 Å². The summed E-state index contributed by atoms with van der Waals surface area (Å²) < 4.78 is 24.0. The molecule has 92 valence electrons. The minimum Gasteiger partial charge on any atom is -0.392 e. The van der Waals surface area contributed by atoms with Crippen LogP contribution in [0.15, 0.2) is 0 Å². The fourth-order valence-corrected chi connectivity index (χ4v) is 2.38. The van der Waals surface area contributed by atoms with Gasteiger partial charge >= 0.3 is 0 Å². The van der Waals surface area contributed by atoms with Gasteiger partial charge in [-0.2, -0.15) is 0 Å². The largest absolute Gasteiger partial charge is 0.392 e. The third-order valence-electron chi connectivity index (χ3n) is 3.03. The monoisotopic (exact) mass is 250 g/mol. The second-order valence-electron chi connectivity index (χ2n) is 4.11. The lowest BCUT2D eigenvalue weighted by atomic mass is 9.73. The zero-order valence-electron chi connectivity index (χ0n) is 8.97. The third kappa shape index (κ3) is 2.87. The van der Waals surface area contributed by atoms with Crippen LogP contribution in [0.25, 0.3) is 0 Å². The molecule has 0 aromatic rings. The smallest absolute Gasteiger partial charge is 0.255 e. The van der Waals surface area contributed by atoms with Crippen molar-refractivity contribution in [3.63, 3.8) is 0 Å². The number of carbonyl (C=O) groups is 1. The number of carbonyl (C=O) groups excluding carboxylic acids is 1. The molecular formula is C10H16F2N2OS. The molecule has 0 atom stereocenters. The van der Waals surface area contributed by atoms with Gasteiger partial charge in [0.2, 0.25) is 5.91 Å². The summed E-state index contributed by atoms with van der Waals surface area (Å²) in [6.07, 6.45) is 1.34. The molecule has 0 radical (unpaired) electrons. The Hall–Kier alpha value is -0.780. The molecule has 0 aromatic carbocycles. The molecule has 1 aliphatic carbocycles. The van der Waals surface area contributed by atoms with E-state index in [-0.39, 0.29) is 4.99 Å². The Bertz CT molecular complexity index is 278. The van der Waals surface area contributed by atoms with E-state index < -0.39 is 24.3 Å². The molecule has 1 saturated carbocycles. The molecule has 3 nitrogen and oxygen atoms in total. The number of hydrogen-bond acceptors (Lipinski definition) is 2. The summed E-state index contributed by atoms with van der Waals surface area (Å²) in [6, 6.07) is 0. The molecule has 1 rings (SSSR count). The molecule has 0 saturated heterocycles. The predicted molar refractivity (Wildman–Crippen MR) is 61.3 cm³/mol. The Morgan fingerprint density at radius 3 is 2.38 bits per heavy atom. The average Bonchev–Trinajstić information content (AvgIpc) is 2.26. The van der Waals surface area contributed by atoms with Gasteiger partial charge in [-0.25, -0.2) is 8.78 Å². The van der Waals surface area contributed by atoms with E-state index in [4.69, 9.17) is 18.0 Å². The Kier molecular flexibility index (Phi) is 4.58. The number of nitrogens with one attached hydrogen (secondary N) is 1. The van der Waals surface area contributed by atoms with E-state index in [0.717, 1.165) is 19.3 Å². The number of alkyl halides is 2. The molecule has 0 spiro atoms. The fourth-order valence-electron chi connectivity index (χ4n) is 2.08. The lowest BCUT2D eigenvalue weighted by Crippen LogP contribution is -2.50. The molecule has 1 amide bonds. The van der Waals surface area contributed by atoms with Gasteiger partial charge in [0.05, 0.1) is 16.9 Å². The Balaban J connectivity index is 2.69. The van der Waals surface area contributed by atoms with Crippen molar-refractivity contribution in [1.29, 1.82) is 0 Å². The second-order valence-corrected chi connectivity index (χ2v) is 4.55. The average molecular weight is 250 g/mol. The highest BCUT2D eigenvalue weighted by molar-refractivity contribution is 7.80. The summed E-state index contributed by atoms with van der Waals surface area (Å²) in [6.45, 7) is -0.636. The first-order chi connectivity index (χ1) is 7.49. The highest BCUT2D eigenvalue weighted by Gasteiger charge is 2.42. The van der Waals surface area contributed by atoms with E-state index in [0.29, 0.717) is 12.8 Å². The number of amides is 1. The van der Waals surface area contributed by atoms with Crippen LogP contribution in [0.4, 0.5) is 8.78 Å². The standard InChI is InChI=1S/C10H16F2N2OS/c11-7(12)6-14-9(15)10(8(13)16)4-2-1-3-5-10/h7H,1-6H2,(H2,13,16)(H,14,15). The van der Waals surface area contributed by atoms with Crippen LogP contribution in [-0.4, -0.2) is 23.9 Å². The highest BCUT2D eigenvalue weighted by atomic mass is 32.1. The van der Waals surface area contributed by atoms with Crippen molar-refractivity contribution in [2.24, 2.45) is 11.1 Å². The van der Waals surface area contributed by atoms with Gasteiger partial charge < -0.3 is 11.1 Å². The molecule has 0 heterocycles. The van der Waals surface area contributed by atoms with Gasteiger partial charge in [-0.05, 0) is 12.8 Å². The fraction of sp³-hybridized carbons (Fsp3) is 0.800. The molecule has 0 unspecified atom stereocenters. The number of rotatable bonds is 4. The van der Waals surface area contributed by atoms with Crippen LogP contribution in [0, 0.1) is 5.41 Å².